The molecular weight excluding hydrogens is 264 g/mol. The van der Waals surface area contributed by atoms with E-state index in [1.165, 1.54) is 18.2 Å². The van der Waals surface area contributed by atoms with Crippen LogP contribution in [0.2, 0.25) is 0 Å². The topological polar surface area (TPSA) is 32.3 Å². The van der Waals surface area contributed by atoms with Gasteiger partial charge in [-0.2, -0.15) is 13.2 Å². The van der Waals surface area contributed by atoms with E-state index in [0.29, 0.717) is 0 Å². The molecule has 1 heterocycles. The second-order valence-corrected chi connectivity index (χ2v) is 4.37. The average Bonchev–Trinajstić information content (AvgIpc) is 2.71. The molecule has 0 radical (unpaired) electrons. The van der Waals surface area contributed by atoms with Crippen LogP contribution in [0.5, 0.6) is 0 Å². The van der Waals surface area contributed by atoms with Crippen LogP contribution in [0.1, 0.15) is 12.0 Å². The van der Waals surface area contributed by atoms with E-state index >= 15 is 0 Å². The molecule has 19 heavy (non-hydrogen) atoms. The van der Waals surface area contributed by atoms with Crippen LogP contribution in [0.15, 0.2) is 24.3 Å². The molecule has 3 nitrogen and oxygen atoms in total. The highest BCUT2D eigenvalue weighted by atomic mass is 19.4. The number of nitrogens with one attached hydrogen (secondary N) is 1. The second kappa shape index (κ2) is 5.16. The highest BCUT2D eigenvalue weighted by Gasteiger charge is 2.45. The lowest BCUT2D eigenvalue weighted by Crippen LogP contribution is -2.51. The van der Waals surface area contributed by atoms with Gasteiger partial charge in [-0.3, -0.25) is 10.2 Å². The van der Waals surface area contributed by atoms with Crippen LogP contribution >= 0.6 is 0 Å². The van der Waals surface area contributed by atoms with Gasteiger partial charge in [-0.05, 0) is 24.1 Å². The zero-order valence-corrected chi connectivity index (χ0v) is 9.88. The number of rotatable bonds is 3. The van der Waals surface area contributed by atoms with Gasteiger partial charge in [-0.15, -0.1) is 0 Å². The van der Waals surface area contributed by atoms with E-state index in [-0.39, 0.29) is 18.5 Å². The molecule has 1 saturated heterocycles. The maximum Gasteiger partial charge on any atom is 0.406 e. The quantitative estimate of drug-likeness (QED) is 0.857. The molecule has 1 aliphatic rings. The smallest absolute Gasteiger partial charge is 0.288 e. The van der Waals surface area contributed by atoms with Crippen molar-refractivity contribution < 1.29 is 22.4 Å². The molecule has 0 aromatic heterocycles. The van der Waals surface area contributed by atoms with Crippen LogP contribution in [0.3, 0.4) is 0 Å². The zero-order chi connectivity index (χ0) is 14.0. The molecule has 1 aromatic carbocycles. The number of alkyl halides is 3. The van der Waals surface area contributed by atoms with Gasteiger partial charge in [0.1, 0.15) is 11.9 Å². The minimum atomic E-state index is -4.50. The first-order valence-electron chi connectivity index (χ1n) is 5.73. The van der Waals surface area contributed by atoms with Crippen LogP contribution < -0.4 is 5.43 Å². The summed E-state index contributed by atoms with van der Waals surface area (Å²) in [6.07, 6.45) is -4.86. The summed E-state index contributed by atoms with van der Waals surface area (Å²) in [5, 5.41) is 0.868. The first kappa shape index (κ1) is 13.8. The van der Waals surface area contributed by atoms with Crippen molar-refractivity contribution in [2.75, 3.05) is 6.54 Å². The summed E-state index contributed by atoms with van der Waals surface area (Å²) in [7, 11) is 0. The van der Waals surface area contributed by atoms with Crippen LogP contribution in [0.25, 0.3) is 0 Å². The van der Waals surface area contributed by atoms with E-state index in [4.69, 9.17) is 0 Å². The number of carbonyl (C=O) groups excluding carboxylic acids is 1. The van der Waals surface area contributed by atoms with Crippen LogP contribution in [0.4, 0.5) is 17.6 Å². The van der Waals surface area contributed by atoms with Gasteiger partial charge in [0, 0.05) is 13.0 Å². The third kappa shape index (κ3) is 3.44. The third-order valence-electron chi connectivity index (χ3n) is 2.92. The summed E-state index contributed by atoms with van der Waals surface area (Å²) in [6.45, 7) is -0.00166. The van der Waals surface area contributed by atoms with Gasteiger partial charge in [-0.1, -0.05) is 12.1 Å². The van der Waals surface area contributed by atoms with Gasteiger partial charge in [0.25, 0.3) is 0 Å². The van der Waals surface area contributed by atoms with E-state index in [1.807, 2.05) is 0 Å². The van der Waals surface area contributed by atoms with Crippen molar-refractivity contribution in [2.24, 2.45) is 0 Å². The number of hydrogen-bond acceptors (Lipinski definition) is 2. The van der Waals surface area contributed by atoms with Crippen molar-refractivity contribution in [3.63, 3.8) is 0 Å². The molecule has 0 saturated carbocycles. The molecule has 1 N–H and O–H groups in total. The lowest BCUT2D eigenvalue weighted by molar-refractivity contribution is -0.187. The fourth-order valence-corrected chi connectivity index (χ4v) is 2.02. The monoisotopic (exact) mass is 276 g/mol. The Morgan fingerprint density at radius 3 is 2.63 bits per heavy atom. The molecule has 2 rings (SSSR count). The van der Waals surface area contributed by atoms with E-state index in [9.17, 15) is 22.4 Å². The predicted octanol–water partition coefficient (Wildman–Crippen LogP) is 2.04. The molecule has 1 atom stereocenters. The average molecular weight is 276 g/mol. The number of benzene rings is 1. The van der Waals surface area contributed by atoms with Gasteiger partial charge in [0.15, 0.2) is 0 Å². The summed E-state index contributed by atoms with van der Waals surface area (Å²) >= 11 is 0. The van der Waals surface area contributed by atoms with Crippen LogP contribution in [-0.4, -0.2) is 29.7 Å². The third-order valence-corrected chi connectivity index (χ3v) is 2.92. The maximum atomic E-state index is 13.0. The normalized spacial score (nSPS) is 18.4. The summed E-state index contributed by atoms with van der Waals surface area (Å²) in [6, 6.07) is 3.18. The predicted molar refractivity (Wildman–Crippen MR) is 59.4 cm³/mol. The van der Waals surface area contributed by atoms with E-state index in [2.05, 4.69) is 5.43 Å². The number of hydrogen-bond donors (Lipinski definition) is 1. The fraction of sp³-hybridized carbons (Fsp3) is 0.417. The van der Waals surface area contributed by atoms with Crippen LogP contribution in [0, 0.1) is 5.82 Å². The Kier molecular flexibility index (Phi) is 3.75. The van der Waals surface area contributed by atoms with Gasteiger partial charge in [-0.25, -0.2) is 9.40 Å². The Labute approximate surface area is 107 Å². The van der Waals surface area contributed by atoms with Gasteiger partial charge < -0.3 is 0 Å². The molecule has 104 valence electrons. The Bertz CT molecular complexity index is 475. The van der Waals surface area contributed by atoms with Crippen molar-refractivity contribution in [3.05, 3.63) is 35.6 Å². The summed E-state index contributed by atoms with van der Waals surface area (Å²) in [5.41, 5.74) is 2.42. The fourth-order valence-electron chi connectivity index (χ4n) is 2.02. The minimum Gasteiger partial charge on any atom is -0.288 e. The Hall–Kier alpha value is -1.63. The molecule has 0 spiro atoms. The minimum absolute atomic E-state index is 0.00166. The van der Waals surface area contributed by atoms with Crippen molar-refractivity contribution in [3.8, 4) is 0 Å². The second-order valence-electron chi connectivity index (χ2n) is 4.37. The summed E-state index contributed by atoms with van der Waals surface area (Å²) in [4.78, 5) is 11.0. The summed E-state index contributed by atoms with van der Waals surface area (Å²) < 4.78 is 52.0. The van der Waals surface area contributed by atoms with E-state index < -0.39 is 30.4 Å². The zero-order valence-electron chi connectivity index (χ0n) is 9.88. The van der Waals surface area contributed by atoms with Crippen molar-refractivity contribution in [2.45, 2.75) is 25.1 Å². The van der Waals surface area contributed by atoms with E-state index in [1.54, 1.807) is 0 Å². The van der Waals surface area contributed by atoms with Gasteiger partial charge in [0.2, 0.25) is 5.91 Å². The molecule has 0 aliphatic carbocycles. The van der Waals surface area contributed by atoms with Crippen LogP contribution in [-0.2, 0) is 11.2 Å². The molecule has 0 bridgehead atoms. The van der Waals surface area contributed by atoms with Crippen molar-refractivity contribution >= 4 is 5.91 Å². The first-order chi connectivity index (χ1) is 8.86. The van der Waals surface area contributed by atoms with Gasteiger partial charge >= 0.3 is 6.18 Å². The number of amides is 1. The Morgan fingerprint density at radius 1 is 1.37 bits per heavy atom. The Balaban J connectivity index is 2.17. The summed E-state index contributed by atoms with van der Waals surface area (Å²) in [5.74, 6) is -1.02. The number of hydrazine groups is 1. The first-order valence-corrected chi connectivity index (χ1v) is 5.73. The molecule has 1 aliphatic heterocycles. The number of nitrogens with zero attached hydrogens (tertiary/aromatic N) is 1. The molecule has 0 unspecified atom stereocenters. The largest absolute Gasteiger partial charge is 0.406 e. The molecule has 1 aromatic rings. The molecule has 7 heteroatoms. The lowest BCUT2D eigenvalue weighted by atomic mass is 10.0. The number of halogens is 4. The lowest BCUT2D eigenvalue weighted by Gasteiger charge is -2.28. The SMILES string of the molecule is O=C1CCN([C@@H](Cc2cccc(F)c2)C(F)(F)F)N1. The molecular formula is C12H12F4N2O. The molecule has 1 amide bonds. The van der Waals surface area contributed by atoms with E-state index in [0.717, 1.165) is 11.1 Å². The highest BCUT2D eigenvalue weighted by molar-refractivity contribution is 5.77. The van der Waals surface area contributed by atoms with Crippen molar-refractivity contribution in [1.82, 2.24) is 10.4 Å². The highest BCUT2D eigenvalue weighted by Crippen LogP contribution is 2.28. The van der Waals surface area contributed by atoms with Gasteiger partial charge in [0.05, 0.1) is 0 Å². The number of carbonyl (C=O) groups is 1. The maximum absolute atomic E-state index is 13.0. The molecule has 1 fully saturated rings. The standard InChI is InChI=1S/C12H12F4N2O/c13-9-3-1-2-8(6-9)7-10(12(14,15)16)18-5-4-11(19)17-18/h1-3,6,10H,4-5,7H2,(H,17,19)/t10-/m0/s1. The van der Waals surface area contributed by atoms with Crippen molar-refractivity contribution in [1.29, 1.82) is 0 Å². The Morgan fingerprint density at radius 2 is 2.11 bits per heavy atom.